The van der Waals surface area contributed by atoms with Gasteiger partial charge in [-0.1, -0.05) is 19.9 Å². The highest BCUT2D eigenvalue weighted by molar-refractivity contribution is 6.12. The van der Waals surface area contributed by atoms with Crippen molar-refractivity contribution in [1.82, 2.24) is 4.98 Å². The summed E-state index contributed by atoms with van der Waals surface area (Å²) in [5, 5.41) is 0. The van der Waals surface area contributed by atoms with Crippen LogP contribution in [0.15, 0.2) is 53.3 Å². The van der Waals surface area contributed by atoms with E-state index in [2.05, 4.69) is 4.98 Å². The normalized spacial score (nSPS) is 13.7. The van der Waals surface area contributed by atoms with E-state index >= 15 is 0 Å². The molecule has 3 aromatic rings. The maximum absolute atomic E-state index is 14.0. The zero-order valence-corrected chi connectivity index (χ0v) is 17.5. The number of aromatic amines is 1. The van der Waals surface area contributed by atoms with Gasteiger partial charge in [0, 0.05) is 17.4 Å². The van der Waals surface area contributed by atoms with Gasteiger partial charge in [0.15, 0.2) is 0 Å². The molecule has 0 unspecified atom stereocenters. The van der Waals surface area contributed by atoms with E-state index in [4.69, 9.17) is 0 Å². The maximum atomic E-state index is 14.0. The molecule has 1 N–H and O–H groups in total. The number of hydrogen-bond donors (Lipinski definition) is 1. The number of carbonyl (C=O) groups excluding carboxylic acids is 1. The number of aromatic nitrogens is 1. The van der Waals surface area contributed by atoms with E-state index in [1.54, 1.807) is 30.0 Å². The Kier molecular flexibility index (Phi) is 4.94. The number of halogens is 1. The number of anilines is 3. The van der Waals surface area contributed by atoms with Crippen LogP contribution in [-0.4, -0.2) is 17.6 Å². The number of amides is 1. The van der Waals surface area contributed by atoms with Gasteiger partial charge in [0.05, 0.1) is 16.9 Å². The van der Waals surface area contributed by atoms with Crippen LogP contribution in [-0.2, 0) is 0 Å². The molecule has 0 spiro atoms. The smallest absolute Gasteiger partial charge is 0.261 e. The van der Waals surface area contributed by atoms with Crippen molar-refractivity contribution in [2.75, 3.05) is 16.5 Å². The highest BCUT2D eigenvalue weighted by atomic mass is 19.1. The lowest BCUT2D eigenvalue weighted by Gasteiger charge is -2.39. The van der Waals surface area contributed by atoms with E-state index < -0.39 is 0 Å². The van der Waals surface area contributed by atoms with E-state index in [-0.39, 0.29) is 29.9 Å². The lowest BCUT2D eigenvalue weighted by molar-refractivity contribution is 0.0983. The summed E-state index contributed by atoms with van der Waals surface area (Å²) in [5.41, 5.74) is 5.18. The van der Waals surface area contributed by atoms with Gasteiger partial charge < -0.3 is 9.88 Å². The highest BCUT2D eigenvalue weighted by Crippen LogP contribution is 2.39. The minimum atomic E-state index is -0.284. The number of pyridine rings is 1. The standard InChI is InChI=1S/C24H24FN3O2/c1-14(2)19-12-17(25)6-8-21(19)27-13-28(20-9-10-23(29)26-16(20)4)24(30)18-7-5-15(3)11-22(18)27/h5-12,14H,13H2,1-4H3,(H,26,29). The van der Waals surface area contributed by atoms with Crippen LogP contribution in [0.1, 0.15) is 46.9 Å². The first-order valence-corrected chi connectivity index (χ1v) is 9.95. The molecule has 0 atom stereocenters. The molecule has 1 aliphatic heterocycles. The molecule has 0 aliphatic carbocycles. The Labute approximate surface area is 174 Å². The van der Waals surface area contributed by atoms with Crippen molar-refractivity contribution in [2.24, 2.45) is 0 Å². The van der Waals surface area contributed by atoms with Crippen LogP contribution in [0.2, 0.25) is 0 Å². The Hall–Kier alpha value is -3.41. The largest absolute Gasteiger partial charge is 0.324 e. The predicted molar refractivity (Wildman–Crippen MR) is 117 cm³/mol. The molecule has 4 rings (SSSR count). The molecule has 0 radical (unpaired) electrons. The first-order chi connectivity index (χ1) is 14.3. The summed E-state index contributed by atoms with van der Waals surface area (Å²) in [6.07, 6.45) is 0. The molecule has 0 fully saturated rings. The van der Waals surface area contributed by atoms with E-state index in [0.717, 1.165) is 22.5 Å². The lowest BCUT2D eigenvalue weighted by Crippen LogP contribution is -2.45. The summed E-state index contributed by atoms with van der Waals surface area (Å²) in [6.45, 7) is 8.06. The second-order valence-corrected chi connectivity index (χ2v) is 8.01. The number of fused-ring (bicyclic) bond motifs is 1. The van der Waals surface area contributed by atoms with Crippen LogP contribution >= 0.6 is 0 Å². The van der Waals surface area contributed by atoms with Crippen molar-refractivity contribution < 1.29 is 9.18 Å². The Morgan fingerprint density at radius 3 is 2.33 bits per heavy atom. The van der Waals surface area contributed by atoms with Crippen molar-refractivity contribution in [2.45, 2.75) is 33.6 Å². The fraction of sp³-hybridized carbons (Fsp3) is 0.250. The Morgan fingerprint density at radius 2 is 1.63 bits per heavy atom. The van der Waals surface area contributed by atoms with Gasteiger partial charge in [-0.2, -0.15) is 0 Å². The fourth-order valence-corrected chi connectivity index (χ4v) is 3.96. The molecule has 0 saturated heterocycles. The number of benzene rings is 2. The number of hydrogen-bond acceptors (Lipinski definition) is 3. The van der Waals surface area contributed by atoms with Gasteiger partial charge in [0.25, 0.3) is 5.91 Å². The van der Waals surface area contributed by atoms with E-state index in [9.17, 15) is 14.0 Å². The number of H-pyrrole nitrogens is 1. The summed E-state index contributed by atoms with van der Waals surface area (Å²) in [5.74, 6) is -0.317. The molecule has 2 aromatic carbocycles. The summed E-state index contributed by atoms with van der Waals surface area (Å²) in [4.78, 5) is 31.5. The third-order valence-corrected chi connectivity index (χ3v) is 5.48. The minimum absolute atomic E-state index is 0.102. The van der Waals surface area contributed by atoms with E-state index in [0.29, 0.717) is 16.9 Å². The average Bonchev–Trinajstić information content (AvgIpc) is 2.69. The van der Waals surface area contributed by atoms with Crippen LogP contribution in [0, 0.1) is 19.7 Å². The molecule has 6 heteroatoms. The molecule has 1 amide bonds. The van der Waals surface area contributed by atoms with Crippen molar-refractivity contribution in [3.05, 3.63) is 87.1 Å². The van der Waals surface area contributed by atoms with Crippen LogP contribution < -0.4 is 15.4 Å². The fourth-order valence-electron chi connectivity index (χ4n) is 3.96. The molecular weight excluding hydrogens is 381 g/mol. The Morgan fingerprint density at radius 1 is 0.900 bits per heavy atom. The van der Waals surface area contributed by atoms with Crippen molar-refractivity contribution in [3.63, 3.8) is 0 Å². The van der Waals surface area contributed by atoms with E-state index in [1.807, 2.05) is 43.9 Å². The minimum Gasteiger partial charge on any atom is -0.324 e. The number of rotatable bonds is 3. The van der Waals surface area contributed by atoms with E-state index in [1.165, 1.54) is 12.1 Å². The van der Waals surface area contributed by atoms with Gasteiger partial charge in [-0.15, -0.1) is 0 Å². The van der Waals surface area contributed by atoms with Gasteiger partial charge >= 0.3 is 0 Å². The second-order valence-electron chi connectivity index (χ2n) is 8.01. The Bertz CT molecular complexity index is 1200. The summed E-state index contributed by atoms with van der Waals surface area (Å²) in [6, 6.07) is 13.6. The topological polar surface area (TPSA) is 56.4 Å². The van der Waals surface area contributed by atoms with Crippen LogP contribution in [0.4, 0.5) is 21.5 Å². The summed E-state index contributed by atoms with van der Waals surface area (Å²) < 4.78 is 14.0. The predicted octanol–water partition coefficient (Wildman–Crippen LogP) is 5.01. The number of nitrogens with zero attached hydrogens (tertiary/aromatic N) is 2. The SMILES string of the molecule is Cc1ccc2c(c1)N(c1ccc(F)cc1C(C)C)CN(c1ccc(=O)[nH]c1C)C2=O. The third kappa shape index (κ3) is 3.38. The molecule has 2 heterocycles. The summed E-state index contributed by atoms with van der Waals surface area (Å²) in [7, 11) is 0. The van der Waals surface area contributed by atoms with Gasteiger partial charge in [-0.05, 0) is 67.3 Å². The van der Waals surface area contributed by atoms with Crippen LogP contribution in [0.3, 0.4) is 0 Å². The maximum Gasteiger partial charge on any atom is 0.261 e. The van der Waals surface area contributed by atoms with Gasteiger partial charge in [-0.3, -0.25) is 14.5 Å². The van der Waals surface area contributed by atoms with Crippen LogP contribution in [0.25, 0.3) is 0 Å². The third-order valence-electron chi connectivity index (χ3n) is 5.48. The van der Waals surface area contributed by atoms with Crippen LogP contribution in [0.5, 0.6) is 0 Å². The molecule has 1 aromatic heterocycles. The monoisotopic (exact) mass is 405 g/mol. The quantitative estimate of drug-likeness (QED) is 0.666. The zero-order chi connectivity index (χ0) is 21.6. The van der Waals surface area contributed by atoms with Gasteiger partial charge in [0.2, 0.25) is 5.56 Å². The molecule has 1 aliphatic rings. The van der Waals surface area contributed by atoms with Gasteiger partial charge in [0.1, 0.15) is 12.5 Å². The molecule has 30 heavy (non-hydrogen) atoms. The average molecular weight is 405 g/mol. The first-order valence-electron chi connectivity index (χ1n) is 9.95. The highest BCUT2D eigenvalue weighted by Gasteiger charge is 2.33. The Balaban J connectivity index is 1.92. The zero-order valence-electron chi connectivity index (χ0n) is 17.5. The first kappa shape index (κ1) is 19.9. The van der Waals surface area contributed by atoms with Crippen molar-refractivity contribution in [3.8, 4) is 0 Å². The van der Waals surface area contributed by atoms with Gasteiger partial charge in [-0.25, -0.2) is 4.39 Å². The number of nitrogens with one attached hydrogen (secondary N) is 1. The molecule has 0 saturated carbocycles. The number of aryl methyl sites for hydroxylation is 2. The molecular formula is C24H24FN3O2. The molecule has 0 bridgehead atoms. The second kappa shape index (κ2) is 7.44. The number of carbonyl (C=O) groups is 1. The summed E-state index contributed by atoms with van der Waals surface area (Å²) >= 11 is 0. The molecule has 5 nitrogen and oxygen atoms in total. The van der Waals surface area contributed by atoms with Crippen molar-refractivity contribution >= 4 is 23.0 Å². The lowest BCUT2D eigenvalue weighted by atomic mass is 9.98. The molecule has 154 valence electrons. The van der Waals surface area contributed by atoms with Crippen molar-refractivity contribution in [1.29, 1.82) is 0 Å².